The van der Waals surface area contributed by atoms with Crippen LogP contribution in [0, 0.1) is 6.92 Å². The van der Waals surface area contributed by atoms with Crippen molar-refractivity contribution in [1.29, 1.82) is 0 Å². The molecule has 4 heteroatoms. The second kappa shape index (κ2) is 3.75. The minimum absolute atomic E-state index is 0.373. The highest BCUT2D eigenvalue weighted by atomic mass is 35.5. The van der Waals surface area contributed by atoms with E-state index in [0.29, 0.717) is 6.04 Å². The highest BCUT2D eigenvalue weighted by Crippen LogP contribution is 2.27. The number of aryl methyl sites for hydroxylation is 1. The van der Waals surface area contributed by atoms with E-state index in [9.17, 15) is 0 Å². The first-order valence-corrected chi connectivity index (χ1v) is 5.85. The molecule has 1 aromatic carbocycles. The van der Waals surface area contributed by atoms with Gasteiger partial charge in [-0.05, 0) is 31.5 Å². The summed E-state index contributed by atoms with van der Waals surface area (Å²) in [6, 6.07) is 6.30. The van der Waals surface area contributed by atoms with Gasteiger partial charge in [0.25, 0.3) is 0 Å². The molecule has 16 heavy (non-hydrogen) atoms. The van der Waals surface area contributed by atoms with Crippen molar-refractivity contribution in [3.8, 4) is 0 Å². The molecule has 0 amide bonds. The maximum absolute atomic E-state index is 6.00. The predicted octanol–water partition coefficient (Wildman–Crippen LogP) is 2.96. The molecule has 3 rings (SSSR count). The molecule has 2 heterocycles. The zero-order valence-electron chi connectivity index (χ0n) is 9.11. The number of benzene rings is 1. The second-order valence-corrected chi connectivity index (χ2v) is 4.65. The lowest BCUT2D eigenvalue weighted by Crippen LogP contribution is -2.10. The zero-order valence-corrected chi connectivity index (χ0v) is 9.87. The standard InChI is InChI=1S/C12H13ClN2O/c1-8-11-6-9(13)2-3-12(11)15(14-8)10-4-5-16-7-10/h2-3,6,10H,4-5,7H2,1H3. The highest BCUT2D eigenvalue weighted by Gasteiger charge is 2.21. The fourth-order valence-electron chi connectivity index (χ4n) is 2.26. The Kier molecular flexibility index (Phi) is 2.37. The zero-order chi connectivity index (χ0) is 11.1. The van der Waals surface area contributed by atoms with Crippen LogP contribution in [0.4, 0.5) is 0 Å². The van der Waals surface area contributed by atoms with Gasteiger partial charge in [0.05, 0.1) is 23.9 Å². The van der Waals surface area contributed by atoms with Gasteiger partial charge >= 0.3 is 0 Å². The molecule has 0 saturated carbocycles. The van der Waals surface area contributed by atoms with Crippen LogP contribution in [-0.2, 0) is 4.74 Å². The lowest BCUT2D eigenvalue weighted by molar-refractivity contribution is 0.185. The molecule has 1 aliphatic heterocycles. The number of hydrogen-bond acceptors (Lipinski definition) is 2. The van der Waals surface area contributed by atoms with E-state index in [1.807, 2.05) is 25.1 Å². The van der Waals surface area contributed by atoms with E-state index in [1.165, 1.54) is 0 Å². The Morgan fingerprint density at radius 3 is 3.12 bits per heavy atom. The van der Waals surface area contributed by atoms with Crippen LogP contribution in [0.3, 0.4) is 0 Å². The Morgan fingerprint density at radius 1 is 1.50 bits per heavy atom. The molecule has 84 valence electrons. The van der Waals surface area contributed by atoms with Gasteiger partial charge in [0.15, 0.2) is 0 Å². The first-order chi connectivity index (χ1) is 7.75. The van der Waals surface area contributed by atoms with Gasteiger partial charge in [-0.2, -0.15) is 5.10 Å². The fourth-order valence-corrected chi connectivity index (χ4v) is 2.43. The van der Waals surface area contributed by atoms with Gasteiger partial charge in [-0.1, -0.05) is 11.6 Å². The molecule has 3 nitrogen and oxygen atoms in total. The van der Waals surface area contributed by atoms with Crippen LogP contribution in [0.15, 0.2) is 18.2 Å². The van der Waals surface area contributed by atoms with Crippen molar-refractivity contribution in [2.24, 2.45) is 0 Å². The molecule has 1 fully saturated rings. The minimum atomic E-state index is 0.373. The van der Waals surface area contributed by atoms with E-state index < -0.39 is 0 Å². The van der Waals surface area contributed by atoms with Gasteiger partial charge < -0.3 is 4.74 Å². The van der Waals surface area contributed by atoms with Crippen molar-refractivity contribution >= 4 is 22.5 Å². The maximum Gasteiger partial charge on any atom is 0.0781 e. The summed E-state index contributed by atoms with van der Waals surface area (Å²) in [5, 5.41) is 6.49. The largest absolute Gasteiger partial charge is 0.379 e. The third-order valence-electron chi connectivity index (χ3n) is 3.10. The average Bonchev–Trinajstić information content (AvgIpc) is 2.87. The monoisotopic (exact) mass is 236 g/mol. The van der Waals surface area contributed by atoms with Crippen molar-refractivity contribution in [1.82, 2.24) is 9.78 Å². The van der Waals surface area contributed by atoms with Crippen molar-refractivity contribution in [3.63, 3.8) is 0 Å². The van der Waals surface area contributed by atoms with E-state index in [0.717, 1.165) is 41.3 Å². The Balaban J connectivity index is 2.18. The summed E-state index contributed by atoms with van der Waals surface area (Å²) in [4.78, 5) is 0. The topological polar surface area (TPSA) is 27.1 Å². The maximum atomic E-state index is 6.00. The number of hydrogen-bond donors (Lipinski definition) is 0. The Hall–Kier alpha value is -1.06. The number of aromatic nitrogens is 2. The van der Waals surface area contributed by atoms with E-state index in [1.54, 1.807) is 0 Å². The molecule has 1 aromatic heterocycles. The number of fused-ring (bicyclic) bond motifs is 1. The summed E-state index contributed by atoms with van der Waals surface area (Å²) < 4.78 is 7.48. The Labute approximate surface area is 99.0 Å². The summed E-state index contributed by atoms with van der Waals surface area (Å²) in [5.74, 6) is 0. The van der Waals surface area contributed by atoms with Gasteiger partial charge in [0.1, 0.15) is 0 Å². The predicted molar refractivity (Wildman–Crippen MR) is 64.0 cm³/mol. The molecule has 0 aliphatic carbocycles. The number of halogens is 1. The van der Waals surface area contributed by atoms with Crippen LogP contribution in [0.1, 0.15) is 18.2 Å². The number of rotatable bonds is 1. The van der Waals surface area contributed by atoms with Gasteiger partial charge in [-0.25, -0.2) is 0 Å². The normalized spacial score (nSPS) is 20.8. The van der Waals surface area contributed by atoms with Gasteiger partial charge in [-0.15, -0.1) is 0 Å². The molecule has 1 unspecified atom stereocenters. The summed E-state index contributed by atoms with van der Waals surface area (Å²) in [7, 11) is 0. The molecule has 0 N–H and O–H groups in total. The van der Waals surface area contributed by atoms with Crippen molar-refractivity contribution in [3.05, 3.63) is 28.9 Å². The fraction of sp³-hybridized carbons (Fsp3) is 0.417. The van der Waals surface area contributed by atoms with Gasteiger partial charge in [-0.3, -0.25) is 4.68 Å². The summed E-state index contributed by atoms with van der Waals surface area (Å²) in [6.45, 7) is 3.61. The molecule has 2 aromatic rings. The lowest BCUT2D eigenvalue weighted by Gasteiger charge is -2.09. The van der Waals surface area contributed by atoms with Crippen LogP contribution >= 0.6 is 11.6 Å². The molecule has 1 saturated heterocycles. The first kappa shape index (κ1) is 10.1. The Bertz CT molecular complexity index is 529. The van der Waals surface area contributed by atoms with Gasteiger partial charge in [0.2, 0.25) is 0 Å². The molecule has 1 aliphatic rings. The smallest absolute Gasteiger partial charge is 0.0781 e. The van der Waals surface area contributed by atoms with Crippen LogP contribution in [0.5, 0.6) is 0 Å². The summed E-state index contributed by atoms with van der Waals surface area (Å²) in [5.41, 5.74) is 2.18. The molecule has 1 atom stereocenters. The quantitative estimate of drug-likeness (QED) is 0.761. The number of nitrogens with zero attached hydrogens (tertiary/aromatic N) is 2. The van der Waals surface area contributed by atoms with Crippen LogP contribution < -0.4 is 0 Å². The van der Waals surface area contributed by atoms with Crippen LogP contribution in [0.2, 0.25) is 5.02 Å². The molecular formula is C12H13ClN2O. The highest BCUT2D eigenvalue weighted by molar-refractivity contribution is 6.31. The van der Waals surface area contributed by atoms with Crippen LogP contribution in [-0.4, -0.2) is 23.0 Å². The average molecular weight is 237 g/mol. The third-order valence-corrected chi connectivity index (χ3v) is 3.34. The van der Waals surface area contributed by atoms with Crippen molar-refractivity contribution < 1.29 is 4.74 Å². The van der Waals surface area contributed by atoms with Crippen molar-refractivity contribution in [2.75, 3.05) is 13.2 Å². The van der Waals surface area contributed by atoms with E-state index in [-0.39, 0.29) is 0 Å². The number of ether oxygens (including phenoxy) is 1. The second-order valence-electron chi connectivity index (χ2n) is 4.21. The third kappa shape index (κ3) is 1.51. The SMILES string of the molecule is Cc1nn(C2CCOC2)c2ccc(Cl)cc12. The van der Waals surface area contributed by atoms with E-state index >= 15 is 0 Å². The molecule has 0 bridgehead atoms. The molecule has 0 spiro atoms. The van der Waals surface area contributed by atoms with Gasteiger partial charge in [0, 0.05) is 17.0 Å². The summed E-state index contributed by atoms with van der Waals surface area (Å²) in [6.07, 6.45) is 1.04. The first-order valence-electron chi connectivity index (χ1n) is 5.48. The minimum Gasteiger partial charge on any atom is -0.379 e. The molecular weight excluding hydrogens is 224 g/mol. The van der Waals surface area contributed by atoms with E-state index in [4.69, 9.17) is 16.3 Å². The van der Waals surface area contributed by atoms with Crippen LogP contribution in [0.25, 0.3) is 10.9 Å². The molecule has 0 radical (unpaired) electrons. The Morgan fingerprint density at radius 2 is 2.38 bits per heavy atom. The summed E-state index contributed by atoms with van der Waals surface area (Å²) >= 11 is 6.00. The van der Waals surface area contributed by atoms with Crippen molar-refractivity contribution in [2.45, 2.75) is 19.4 Å². The van der Waals surface area contributed by atoms with E-state index in [2.05, 4.69) is 9.78 Å². The lowest BCUT2D eigenvalue weighted by atomic mass is 10.2.